The average molecular weight is 400 g/mol. The molecule has 1 aromatic rings. The van der Waals surface area contributed by atoms with Gasteiger partial charge in [-0.2, -0.15) is 0 Å². The molecule has 0 amide bonds. The van der Waals surface area contributed by atoms with Crippen LogP contribution in [0.15, 0.2) is 22.7 Å². The van der Waals surface area contributed by atoms with Crippen molar-refractivity contribution in [2.45, 2.75) is 25.3 Å². The Hall–Kier alpha value is 0.130. The predicted molar refractivity (Wildman–Crippen MR) is 93.1 cm³/mol. The second kappa shape index (κ2) is 8.68. The third-order valence-corrected chi connectivity index (χ3v) is 4.57. The van der Waals surface area contributed by atoms with Gasteiger partial charge in [-0.25, -0.2) is 4.39 Å². The fraction of sp³-hybridized carbons (Fsp3) is 0.600. The van der Waals surface area contributed by atoms with E-state index in [0.29, 0.717) is 6.04 Å². The van der Waals surface area contributed by atoms with Crippen molar-refractivity contribution in [2.75, 3.05) is 26.2 Å². The number of halogens is 4. The summed E-state index contributed by atoms with van der Waals surface area (Å²) in [6.07, 6.45) is 3.87. The first-order valence-electron chi connectivity index (χ1n) is 7.13. The van der Waals surface area contributed by atoms with Crippen LogP contribution in [0.5, 0.6) is 0 Å². The van der Waals surface area contributed by atoms with Crippen LogP contribution in [-0.4, -0.2) is 31.1 Å². The Morgan fingerprint density at radius 1 is 1.19 bits per heavy atom. The van der Waals surface area contributed by atoms with Crippen molar-refractivity contribution in [1.82, 2.24) is 10.2 Å². The van der Waals surface area contributed by atoms with Crippen molar-refractivity contribution in [3.63, 3.8) is 0 Å². The van der Waals surface area contributed by atoms with Gasteiger partial charge in [0.1, 0.15) is 5.82 Å². The Morgan fingerprint density at radius 2 is 1.86 bits per heavy atom. The SMILES string of the molecule is Cl.Cl.Fc1cc(Br)cc([C@@H](CC2CC2)N2CCNCC2)c1. The molecule has 120 valence electrons. The normalized spacial score (nSPS) is 20.3. The van der Waals surface area contributed by atoms with Crippen LogP contribution in [0.25, 0.3) is 0 Å². The summed E-state index contributed by atoms with van der Waals surface area (Å²) in [7, 11) is 0. The molecule has 2 fully saturated rings. The van der Waals surface area contributed by atoms with Crippen molar-refractivity contribution >= 4 is 40.7 Å². The molecule has 1 aliphatic heterocycles. The molecule has 0 unspecified atom stereocenters. The fourth-order valence-corrected chi connectivity index (χ4v) is 3.41. The van der Waals surface area contributed by atoms with E-state index in [1.807, 2.05) is 0 Å². The third kappa shape index (κ3) is 5.36. The third-order valence-electron chi connectivity index (χ3n) is 4.12. The summed E-state index contributed by atoms with van der Waals surface area (Å²) in [4.78, 5) is 2.51. The molecule has 1 heterocycles. The minimum atomic E-state index is -0.139. The van der Waals surface area contributed by atoms with Crippen molar-refractivity contribution in [2.24, 2.45) is 5.92 Å². The van der Waals surface area contributed by atoms with Gasteiger partial charge in [0.25, 0.3) is 0 Å². The van der Waals surface area contributed by atoms with E-state index in [9.17, 15) is 4.39 Å². The molecule has 1 saturated carbocycles. The van der Waals surface area contributed by atoms with E-state index >= 15 is 0 Å². The molecule has 3 rings (SSSR count). The lowest BCUT2D eigenvalue weighted by molar-refractivity contribution is 0.160. The molecule has 1 aromatic carbocycles. The molecular weight excluding hydrogens is 378 g/mol. The maximum atomic E-state index is 13.6. The molecule has 1 aliphatic carbocycles. The number of piperazine rings is 1. The summed E-state index contributed by atoms with van der Waals surface area (Å²) in [5.74, 6) is 0.710. The highest BCUT2D eigenvalue weighted by Gasteiger charge is 2.30. The molecule has 1 N–H and O–H groups in total. The number of hydrogen-bond donors (Lipinski definition) is 1. The van der Waals surface area contributed by atoms with Crippen LogP contribution in [0, 0.1) is 11.7 Å². The number of rotatable bonds is 4. The zero-order chi connectivity index (χ0) is 13.2. The summed E-state index contributed by atoms with van der Waals surface area (Å²) in [5.41, 5.74) is 1.13. The molecule has 0 radical (unpaired) electrons. The molecule has 0 bridgehead atoms. The quantitative estimate of drug-likeness (QED) is 0.816. The van der Waals surface area contributed by atoms with Crippen LogP contribution in [0.2, 0.25) is 0 Å². The molecule has 21 heavy (non-hydrogen) atoms. The lowest BCUT2D eigenvalue weighted by atomic mass is 9.98. The fourth-order valence-electron chi connectivity index (χ4n) is 2.93. The zero-order valence-electron chi connectivity index (χ0n) is 11.9. The lowest BCUT2D eigenvalue weighted by Crippen LogP contribution is -2.45. The van der Waals surface area contributed by atoms with Gasteiger partial charge in [-0.1, -0.05) is 28.8 Å². The lowest BCUT2D eigenvalue weighted by Gasteiger charge is -2.35. The molecule has 0 spiro atoms. The van der Waals surface area contributed by atoms with Gasteiger partial charge in [-0.15, -0.1) is 24.8 Å². The van der Waals surface area contributed by atoms with E-state index < -0.39 is 0 Å². The Balaban J connectivity index is 0.00000110. The number of hydrogen-bond acceptors (Lipinski definition) is 2. The first-order valence-corrected chi connectivity index (χ1v) is 7.92. The Labute approximate surface area is 146 Å². The first-order chi connectivity index (χ1) is 9.22. The molecule has 2 nitrogen and oxygen atoms in total. The smallest absolute Gasteiger partial charge is 0.124 e. The second-order valence-electron chi connectivity index (χ2n) is 5.68. The molecule has 1 saturated heterocycles. The standard InChI is InChI=1S/C15H20BrFN2.2ClH/c16-13-8-12(9-14(17)10-13)15(7-11-1-2-11)19-5-3-18-4-6-19;;/h8-11,15,18H,1-7H2;2*1H/t15-;;/m1../s1. The van der Waals surface area contributed by atoms with Crippen molar-refractivity contribution in [3.05, 3.63) is 34.1 Å². The highest BCUT2D eigenvalue weighted by molar-refractivity contribution is 9.10. The van der Waals surface area contributed by atoms with Crippen LogP contribution >= 0.6 is 40.7 Å². The van der Waals surface area contributed by atoms with Gasteiger partial charge in [0, 0.05) is 36.7 Å². The number of benzene rings is 1. The van der Waals surface area contributed by atoms with E-state index in [1.165, 1.54) is 25.3 Å². The molecular formula is C15H22BrCl2FN2. The Morgan fingerprint density at radius 3 is 2.43 bits per heavy atom. The average Bonchev–Trinajstić information content (AvgIpc) is 3.20. The van der Waals surface area contributed by atoms with Crippen molar-refractivity contribution < 1.29 is 4.39 Å². The highest BCUT2D eigenvalue weighted by atomic mass is 79.9. The van der Waals surface area contributed by atoms with Gasteiger partial charge < -0.3 is 5.32 Å². The largest absolute Gasteiger partial charge is 0.314 e. The van der Waals surface area contributed by atoms with Crippen molar-refractivity contribution in [1.29, 1.82) is 0 Å². The summed E-state index contributed by atoms with van der Waals surface area (Å²) in [6, 6.07) is 5.70. The summed E-state index contributed by atoms with van der Waals surface area (Å²) < 4.78 is 14.5. The van der Waals surface area contributed by atoms with Crippen molar-refractivity contribution in [3.8, 4) is 0 Å². The highest BCUT2D eigenvalue weighted by Crippen LogP contribution is 2.40. The van der Waals surface area contributed by atoms with Crippen LogP contribution in [0.3, 0.4) is 0 Å². The molecule has 0 aromatic heterocycles. The van der Waals surface area contributed by atoms with E-state index in [0.717, 1.165) is 42.1 Å². The summed E-state index contributed by atoms with van der Waals surface area (Å²) in [5, 5.41) is 3.39. The monoisotopic (exact) mass is 398 g/mol. The van der Waals surface area contributed by atoms with Gasteiger partial charge in [-0.3, -0.25) is 4.90 Å². The van der Waals surface area contributed by atoms with Crippen LogP contribution in [0.1, 0.15) is 30.9 Å². The van der Waals surface area contributed by atoms with E-state index in [-0.39, 0.29) is 30.6 Å². The Bertz CT molecular complexity index is 431. The van der Waals surface area contributed by atoms with Crippen LogP contribution in [-0.2, 0) is 0 Å². The number of nitrogens with zero attached hydrogens (tertiary/aromatic N) is 1. The minimum absolute atomic E-state index is 0. The topological polar surface area (TPSA) is 15.3 Å². The zero-order valence-corrected chi connectivity index (χ0v) is 15.1. The van der Waals surface area contributed by atoms with Crippen LogP contribution < -0.4 is 5.32 Å². The van der Waals surface area contributed by atoms with E-state index in [2.05, 4.69) is 32.2 Å². The molecule has 6 heteroatoms. The maximum Gasteiger partial charge on any atom is 0.124 e. The van der Waals surface area contributed by atoms with Crippen LogP contribution in [0.4, 0.5) is 4.39 Å². The Kier molecular flexibility index (Phi) is 7.93. The molecule has 2 aliphatic rings. The molecule has 1 atom stereocenters. The predicted octanol–water partition coefficient (Wildman–Crippen LogP) is 4.18. The van der Waals surface area contributed by atoms with E-state index in [1.54, 1.807) is 6.07 Å². The first kappa shape index (κ1) is 19.2. The van der Waals surface area contributed by atoms with Gasteiger partial charge in [0.05, 0.1) is 0 Å². The summed E-state index contributed by atoms with van der Waals surface area (Å²) >= 11 is 3.42. The maximum absolute atomic E-state index is 13.6. The van der Waals surface area contributed by atoms with Gasteiger partial charge in [-0.05, 0) is 36.1 Å². The summed E-state index contributed by atoms with van der Waals surface area (Å²) in [6.45, 7) is 4.20. The second-order valence-corrected chi connectivity index (χ2v) is 6.60. The van der Waals surface area contributed by atoms with E-state index in [4.69, 9.17) is 0 Å². The van der Waals surface area contributed by atoms with Gasteiger partial charge in [0.15, 0.2) is 0 Å². The van der Waals surface area contributed by atoms with Gasteiger partial charge in [0.2, 0.25) is 0 Å². The van der Waals surface area contributed by atoms with Gasteiger partial charge >= 0.3 is 0 Å². The number of nitrogens with one attached hydrogen (secondary N) is 1. The minimum Gasteiger partial charge on any atom is -0.314 e.